The minimum Gasteiger partial charge on any atom is -0.337 e. The number of halogens is 1. The molecule has 0 radical (unpaired) electrons. The third kappa shape index (κ3) is 4.28. The Kier molecular flexibility index (Phi) is 5.09. The number of aromatic nitrogens is 1. The van der Waals surface area contributed by atoms with Crippen molar-refractivity contribution in [3.05, 3.63) is 65.7 Å². The van der Waals surface area contributed by atoms with Crippen molar-refractivity contribution in [1.82, 2.24) is 15.6 Å². The van der Waals surface area contributed by atoms with E-state index in [1.165, 1.54) is 6.07 Å². The minimum absolute atomic E-state index is 0.261. The molecule has 1 heterocycles. The summed E-state index contributed by atoms with van der Waals surface area (Å²) >= 11 is 0. The van der Waals surface area contributed by atoms with Crippen molar-refractivity contribution in [3.63, 3.8) is 0 Å². The van der Waals surface area contributed by atoms with Crippen molar-refractivity contribution >= 4 is 6.03 Å². The van der Waals surface area contributed by atoms with Crippen LogP contribution in [-0.4, -0.2) is 17.6 Å². The fourth-order valence-corrected chi connectivity index (χ4v) is 2.14. The maximum absolute atomic E-state index is 13.8. The van der Waals surface area contributed by atoms with Gasteiger partial charge in [-0.05, 0) is 23.8 Å². The maximum Gasteiger partial charge on any atom is 0.315 e. The molecule has 5 heteroatoms. The van der Waals surface area contributed by atoms with Crippen LogP contribution < -0.4 is 10.6 Å². The molecule has 0 saturated heterocycles. The van der Waals surface area contributed by atoms with Crippen molar-refractivity contribution in [1.29, 1.82) is 0 Å². The Labute approximate surface area is 129 Å². The summed E-state index contributed by atoms with van der Waals surface area (Å²) in [6, 6.07) is 11.8. The van der Waals surface area contributed by atoms with Crippen molar-refractivity contribution in [2.24, 2.45) is 0 Å². The van der Waals surface area contributed by atoms with Gasteiger partial charge >= 0.3 is 6.03 Å². The second kappa shape index (κ2) is 7.02. The van der Waals surface area contributed by atoms with Crippen LogP contribution in [0.15, 0.2) is 48.7 Å². The van der Waals surface area contributed by atoms with Gasteiger partial charge in [0.25, 0.3) is 0 Å². The van der Waals surface area contributed by atoms with Gasteiger partial charge in [0.2, 0.25) is 0 Å². The molecule has 2 aromatic rings. The number of carbonyl (C=O) groups is 1. The molecule has 0 spiro atoms. The van der Waals surface area contributed by atoms with E-state index < -0.39 is 5.41 Å². The molecule has 0 bridgehead atoms. The lowest BCUT2D eigenvalue weighted by Gasteiger charge is -2.26. The van der Waals surface area contributed by atoms with E-state index in [-0.39, 0.29) is 11.8 Å². The number of hydrogen-bond donors (Lipinski definition) is 2. The van der Waals surface area contributed by atoms with Crippen molar-refractivity contribution in [2.75, 3.05) is 6.54 Å². The van der Waals surface area contributed by atoms with Gasteiger partial charge in [-0.2, -0.15) is 0 Å². The minimum atomic E-state index is -0.492. The van der Waals surface area contributed by atoms with E-state index >= 15 is 0 Å². The lowest BCUT2D eigenvalue weighted by atomic mass is 9.84. The average molecular weight is 301 g/mol. The second-order valence-corrected chi connectivity index (χ2v) is 5.72. The average Bonchev–Trinajstić information content (AvgIpc) is 2.52. The van der Waals surface area contributed by atoms with E-state index in [4.69, 9.17) is 0 Å². The summed E-state index contributed by atoms with van der Waals surface area (Å²) in [5, 5.41) is 5.51. The highest BCUT2D eigenvalue weighted by atomic mass is 19.1. The molecule has 0 aliphatic heterocycles. The number of amides is 2. The molecule has 2 rings (SSSR count). The third-order valence-electron chi connectivity index (χ3n) is 3.45. The predicted octanol–water partition coefficient (Wildman–Crippen LogP) is 3.00. The van der Waals surface area contributed by atoms with Crippen molar-refractivity contribution in [3.8, 4) is 0 Å². The molecule has 0 atom stereocenters. The summed E-state index contributed by atoms with van der Waals surface area (Å²) in [7, 11) is 0. The van der Waals surface area contributed by atoms with E-state index in [2.05, 4.69) is 15.6 Å². The molecule has 1 aromatic carbocycles. The number of carbonyl (C=O) groups excluding carboxylic acids is 1. The molecule has 0 unspecified atom stereocenters. The highest BCUT2D eigenvalue weighted by molar-refractivity contribution is 5.73. The Hall–Kier alpha value is -2.43. The van der Waals surface area contributed by atoms with E-state index in [1.54, 1.807) is 24.4 Å². The number of nitrogens with zero attached hydrogens (tertiary/aromatic N) is 1. The maximum atomic E-state index is 13.8. The number of rotatable bonds is 5. The molecular weight excluding hydrogens is 281 g/mol. The molecule has 2 amide bonds. The number of hydrogen-bond acceptors (Lipinski definition) is 2. The molecule has 22 heavy (non-hydrogen) atoms. The summed E-state index contributed by atoms with van der Waals surface area (Å²) < 4.78 is 13.8. The fourth-order valence-electron chi connectivity index (χ4n) is 2.14. The number of nitrogens with one attached hydrogen (secondary N) is 2. The summed E-state index contributed by atoms with van der Waals surface area (Å²) in [6.07, 6.45) is 1.68. The second-order valence-electron chi connectivity index (χ2n) is 5.72. The number of pyridine rings is 1. The zero-order valence-electron chi connectivity index (χ0n) is 12.8. The Balaban J connectivity index is 1.86. The van der Waals surface area contributed by atoms with Crippen LogP contribution in [0.25, 0.3) is 0 Å². The molecule has 116 valence electrons. The monoisotopic (exact) mass is 301 g/mol. The first-order valence-electron chi connectivity index (χ1n) is 7.16. The Morgan fingerprint density at radius 2 is 1.86 bits per heavy atom. The summed E-state index contributed by atoms with van der Waals surface area (Å²) in [5.74, 6) is -0.261. The van der Waals surface area contributed by atoms with Gasteiger partial charge in [-0.1, -0.05) is 38.1 Å². The smallest absolute Gasteiger partial charge is 0.315 e. The fraction of sp³-hybridized carbons (Fsp3) is 0.294. The van der Waals surface area contributed by atoms with Gasteiger partial charge in [0, 0.05) is 18.2 Å². The normalized spacial score (nSPS) is 11.0. The van der Waals surface area contributed by atoms with Gasteiger partial charge in [-0.25, -0.2) is 9.18 Å². The lowest BCUT2D eigenvalue weighted by molar-refractivity contribution is 0.237. The summed E-state index contributed by atoms with van der Waals surface area (Å²) in [6.45, 7) is 4.48. The first-order chi connectivity index (χ1) is 10.5. The number of urea groups is 1. The van der Waals surface area contributed by atoms with Gasteiger partial charge in [-0.15, -0.1) is 0 Å². The van der Waals surface area contributed by atoms with Crippen LogP contribution in [0.3, 0.4) is 0 Å². The molecule has 0 aliphatic carbocycles. The third-order valence-corrected chi connectivity index (χ3v) is 3.45. The van der Waals surface area contributed by atoms with Gasteiger partial charge in [0.15, 0.2) is 0 Å². The largest absolute Gasteiger partial charge is 0.337 e. The zero-order chi connectivity index (χ0) is 16.0. The van der Waals surface area contributed by atoms with Gasteiger partial charge in [0.1, 0.15) is 5.82 Å². The van der Waals surface area contributed by atoms with E-state index in [0.717, 1.165) is 5.69 Å². The molecular formula is C17H20FN3O. The Morgan fingerprint density at radius 1 is 1.14 bits per heavy atom. The van der Waals surface area contributed by atoms with Crippen LogP contribution in [0.5, 0.6) is 0 Å². The number of benzene rings is 1. The van der Waals surface area contributed by atoms with Gasteiger partial charge in [-0.3, -0.25) is 4.98 Å². The molecule has 0 aliphatic rings. The Bertz CT molecular complexity index is 629. The van der Waals surface area contributed by atoms with E-state index in [9.17, 15) is 9.18 Å². The van der Waals surface area contributed by atoms with Gasteiger partial charge in [0.05, 0.1) is 12.2 Å². The van der Waals surface area contributed by atoms with Crippen LogP contribution in [0.4, 0.5) is 9.18 Å². The standard InChI is InChI=1S/C17H20FN3O/c1-17(2,14-8-3-4-9-15(14)18)12-21-16(22)20-11-13-7-5-6-10-19-13/h3-10H,11-12H2,1-2H3,(H2,20,21,22). The summed E-state index contributed by atoms with van der Waals surface area (Å²) in [5.41, 5.74) is 0.874. The van der Waals surface area contributed by atoms with Crippen molar-refractivity contribution in [2.45, 2.75) is 25.8 Å². The van der Waals surface area contributed by atoms with Crippen LogP contribution in [0, 0.1) is 5.82 Å². The first-order valence-corrected chi connectivity index (χ1v) is 7.16. The highest BCUT2D eigenvalue weighted by Crippen LogP contribution is 2.24. The highest BCUT2D eigenvalue weighted by Gasteiger charge is 2.24. The zero-order valence-corrected chi connectivity index (χ0v) is 12.8. The first kappa shape index (κ1) is 15.9. The predicted molar refractivity (Wildman–Crippen MR) is 83.9 cm³/mol. The van der Waals surface area contributed by atoms with Crippen LogP contribution in [0.1, 0.15) is 25.1 Å². The van der Waals surface area contributed by atoms with Crippen LogP contribution in [-0.2, 0) is 12.0 Å². The van der Waals surface area contributed by atoms with E-state index in [1.807, 2.05) is 32.0 Å². The van der Waals surface area contributed by atoms with Crippen LogP contribution in [0.2, 0.25) is 0 Å². The van der Waals surface area contributed by atoms with E-state index in [0.29, 0.717) is 18.7 Å². The Morgan fingerprint density at radius 3 is 2.55 bits per heavy atom. The van der Waals surface area contributed by atoms with Gasteiger partial charge < -0.3 is 10.6 Å². The summed E-state index contributed by atoms with van der Waals surface area (Å²) in [4.78, 5) is 16.0. The van der Waals surface area contributed by atoms with Crippen LogP contribution >= 0.6 is 0 Å². The molecule has 0 saturated carbocycles. The molecule has 0 fully saturated rings. The quantitative estimate of drug-likeness (QED) is 0.892. The lowest BCUT2D eigenvalue weighted by Crippen LogP contribution is -2.42. The van der Waals surface area contributed by atoms with Crippen molar-refractivity contribution < 1.29 is 9.18 Å². The topological polar surface area (TPSA) is 54.0 Å². The SMILES string of the molecule is CC(C)(CNC(=O)NCc1ccccn1)c1ccccc1F. The molecule has 2 N–H and O–H groups in total. The molecule has 1 aromatic heterocycles. The molecule has 4 nitrogen and oxygen atoms in total.